The molecule has 5 N–H and O–H groups in total. The number of carbonyl (C=O) groups excluding carboxylic acids is 1. The molecule has 4 rings (SSSR count). The van der Waals surface area contributed by atoms with Crippen molar-refractivity contribution in [3.8, 4) is 6.07 Å². The first kappa shape index (κ1) is 23.4. The Morgan fingerprint density at radius 2 is 2.12 bits per heavy atom. The van der Waals surface area contributed by atoms with E-state index in [9.17, 15) is 10.1 Å². The van der Waals surface area contributed by atoms with Crippen LogP contribution in [0, 0.1) is 37.5 Å². The molecule has 3 heterocycles. The van der Waals surface area contributed by atoms with Crippen molar-refractivity contribution in [2.45, 2.75) is 39.6 Å². The minimum atomic E-state index is -0.282. The van der Waals surface area contributed by atoms with Crippen molar-refractivity contribution in [1.29, 1.82) is 10.7 Å². The first-order chi connectivity index (χ1) is 16.3. The van der Waals surface area contributed by atoms with Gasteiger partial charge in [0.1, 0.15) is 12.7 Å². The van der Waals surface area contributed by atoms with Crippen molar-refractivity contribution < 1.29 is 9.53 Å². The molecule has 0 amide bonds. The Balaban J connectivity index is 1.48. The van der Waals surface area contributed by atoms with Crippen LogP contribution in [0.4, 0.5) is 5.95 Å². The zero-order chi connectivity index (χ0) is 24.4. The predicted octanol–water partition coefficient (Wildman–Crippen LogP) is 1.29. The molecular formula is C23H27N9O2. The highest BCUT2D eigenvalue weighted by Gasteiger charge is 2.30. The summed E-state index contributed by atoms with van der Waals surface area (Å²) in [4.78, 5) is 22.5. The van der Waals surface area contributed by atoms with Crippen LogP contribution in [0.5, 0.6) is 0 Å². The summed E-state index contributed by atoms with van der Waals surface area (Å²) in [5, 5.41) is 24.7. The normalized spacial score (nSPS) is 20.4. The molecule has 1 fully saturated rings. The molecule has 2 aliphatic heterocycles. The lowest BCUT2D eigenvalue weighted by Crippen LogP contribution is -2.57. The molecule has 0 radical (unpaired) electrons. The second-order valence-electron chi connectivity index (χ2n) is 8.47. The average molecular weight is 462 g/mol. The van der Waals surface area contributed by atoms with Crippen LogP contribution in [-0.4, -0.2) is 58.6 Å². The van der Waals surface area contributed by atoms with Crippen LogP contribution in [0.2, 0.25) is 0 Å². The number of rotatable bonds is 6. The number of aryl methyl sites for hydroxylation is 2. The number of esters is 1. The Hall–Kier alpha value is -3.72. The smallest absolute Gasteiger partial charge is 0.338 e. The minimum Gasteiger partial charge on any atom is -0.457 e. The number of fused-ring (bicyclic) bond motifs is 1. The Morgan fingerprint density at radius 1 is 1.38 bits per heavy atom. The quantitative estimate of drug-likeness (QED) is 0.282. The van der Waals surface area contributed by atoms with Crippen molar-refractivity contribution >= 4 is 23.8 Å². The first-order valence-electron chi connectivity index (χ1n) is 10.9. The van der Waals surface area contributed by atoms with Crippen LogP contribution in [0.15, 0.2) is 17.2 Å². The monoisotopic (exact) mass is 461 g/mol. The third-order valence-corrected chi connectivity index (χ3v) is 6.13. The van der Waals surface area contributed by atoms with Crippen molar-refractivity contribution in [3.05, 3.63) is 51.3 Å². The Labute approximate surface area is 197 Å². The molecule has 0 saturated carbocycles. The van der Waals surface area contributed by atoms with Gasteiger partial charge in [-0.25, -0.2) is 20.2 Å². The summed E-state index contributed by atoms with van der Waals surface area (Å²) in [6, 6.07) is 5.81. The molecule has 0 bridgehead atoms. The lowest BCUT2D eigenvalue weighted by atomic mass is 9.93. The predicted molar refractivity (Wildman–Crippen MR) is 127 cm³/mol. The SMILES string of the molecule is Cc1nc(N/N=C(\C=N)CN2C[C@@H](c3ccc4c(c3C)COC4=O)N[C@@H](N)C2)nc(C)c1C#N. The van der Waals surface area contributed by atoms with Gasteiger partial charge < -0.3 is 15.9 Å². The number of hydrazone groups is 1. The van der Waals surface area contributed by atoms with E-state index >= 15 is 0 Å². The highest BCUT2D eigenvalue weighted by molar-refractivity contribution is 6.30. The van der Waals surface area contributed by atoms with E-state index in [4.69, 9.17) is 15.9 Å². The van der Waals surface area contributed by atoms with E-state index in [0.29, 0.717) is 54.5 Å². The summed E-state index contributed by atoms with van der Waals surface area (Å²) in [7, 11) is 0. The number of ether oxygens (including phenoxy) is 1. The first-order valence-corrected chi connectivity index (χ1v) is 10.9. The number of aromatic nitrogens is 2. The molecule has 34 heavy (non-hydrogen) atoms. The Morgan fingerprint density at radius 3 is 2.79 bits per heavy atom. The summed E-state index contributed by atoms with van der Waals surface area (Å²) >= 11 is 0. The molecule has 2 aromatic rings. The van der Waals surface area contributed by atoms with Crippen LogP contribution in [0.25, 0.3) is 0 Å². The van der Waals surface area contributed by atoms with E-state index in [1.807, 2.05) is 19.1 Å². The fourth-order valence-corrected chi connectivity index (χ4v) is 4.43. The van der Waals surface area contributed by atoms with Crippen molar-refractivity contribution in [3.63, 3.8) is 0 Å². The maximum Gasteiger partial charge on any atom is 0.338 e. The van der Waals surface area contributed by atoms with Gasteiger partial charge in [0.25, 0.3) is 0 Å². The molecule has 2 aliphatic rings. The molecule has 1 aromatic carbocycles. The fourth-order valence-electron chi connectivity index (χ4n) is 4.43. The number of hydrogen-bond acceptors (Lipinski definition) is 11. The second kappa shape index (κ2) is 9.64. The number of hydrogen-bond donors (Lipinski definition) is 4. The van der Waals surface area contributed by atoms with Gasteiger partial charge >= 0.3 is 5.97 Å². The summed E-state index contributed by atoms with van der Waals surface area (Å²) in [6.07, 6.45) is 0.916. The van der Waals surface area contributed by atoms with Crippen molar-refractivity contribution in [1.82, 2.24) is 20.2 Å². The van der Waals surface area contributed by atoms with Gasteiger partial charge in [0, 0.05) is 37.5 Å². The average Bonchev–Trinajstić information content (AvgIpc) is 3.18. The Kier molecular flexibility index (Phi) is 6.65. The van der Waals surface area contributed by atoms with Gasteiger partial charge in [-0.2, -0.15) is 10.4 Å². The van der Waals surface area contributed by atoms with E-state index in [1.165, 1.54) is 6.21 Å². The number of carbonyl (C=O) groups is 1. The van der Waals surface area contributed by atoms with Gasteiger partial charge in [0.05, 0.1) is 34.4 Å². The van der Waals surface area contributed by atoms with Gasteiger partial charge in [-0.15, -0.1) is 0 Å². The van der Waals surface area contributed by atoms with Crippen LogP contribution < -0.4 is 16.5 Å². The summed E-state index contributed by atoms with van der Waals surface area (Å²) in [5.41, 5.74) is 14.8. The van der Waals surface area contributed by atoms with E-state index in [0.717, 1.165) is 16.7 Å². The third-order valence-electron chi connectivity index (χ3n) is 6.13. The largest absolute Gasteiger partial charge is 0.457 e. The maximum absolute atomic E-state index is 11.9. The standard InChI is InChI=1S/C23H27N9O2/c1-12-16(4-5-17-19(12)11-34-22(17)33)20-9-32(10-21(26)29-20)8-15(6-24)30-31-23-27-13(2)18(7-25)14(3)28-23/h4-6,20-21,24,29H,8-11,26H2,1-3H3,(H,27,28,31)/b24-6?,30-15+/t20-,21+/m0/s1. The van der Waals surface area contributed by atoms with Gasteiger partial charge in [-0.1, -0.05) is 6.07 Å². The summed E-state index contributed by atoms with van der Waals surface area (Å²) < 4.78 is 5.18. The van der Waals surface area contributed by atoms with Gasteiger partial charge in [0.15, 0.2) is 0 Å². The molecule has 2 atom stereocenters. The maximum atomic E-state index is 11.9. The molecule has 11 heteroatoms. The van der Waals surface area contributed by atoms with E-state index in [1.54, 1.807) is 13.8 Å². The number of nitrogens with zero attached hydrogens (tertiary/aromatic N) is 5. The number of nitriles is 1. The number of nitrogens with two attached hydrogens (primary N) is 1. The highest BCUT2D eigenvalue weighted by Crippen LogP contribution is 2.30. The van der Waals surface area contributed by atoms with Crippen LogP contribution in [0.3, 0.4) is 0 Å². The van der Waals surface area contributed by atoms with Crippen LogP contribution in [0.1, 0.15) is 50.0 Å². The Bertz CT molecular complexity index is 1190. The molecule has 0 aliphatic carbocycles. The molecule has 11 nitrogen and oxygen atoms in total. The van der Waals surface area contributed by atoms with Gasteiger partial charge in [-0.3, -0.25) is 10.2 Å². The lowest BCUT2D eigenvalue weighted by Gasteiger charge is -2.38. The molecule has 176 valence electrons. The highest BCUT2D eigenvalue weighted by atomic mass is 16.5. The molecule has 1 saturated heterocycles. The molecular weight excluding hydrogens is 434 g/mol. The fraction of sp³-hybridized carbons (Fsp3) is 0.391. The number of nitrogens with one attached hydrogen (secondary N) is 3. The number of anilines is 1. The van der Waals surface area contributed by atoms with E-state index in [-0.39, 0.29) is 24.1 Å². The third kappa shape index (κ3) is 4.65. The second-order valence-corrected chi connectivity index (χ2v) is 8.47. The van der Waals surface area contributed by atoms with Crippen molar-refractivity contribution in [2.24, 2.45) is 10.8 Å². The number of piperazine rings is 1. The van der Waals surface area contributed by atoms with E-state index < -0.39 is 0 Å². The van der Waals surface area contributed by atoms with Gasteiger partial charge in [0.2, 0.25) is 5.95 Å². The molecule has 1 aromatic heterocycles. The minimum absolute atomic E-state index is 0.0446. The molecule has 0 unspecified atom stereocenters. The molecule has 0 spiro atoms. The number of cyclic esters (lactones) is 1. The van der Waals surface area contributed by atoms with E-state index in [2.05, 4.69) is 36.8 Å². The topological polar surface area (TPSA) is 165 Å². The zero-order valence-electron chi connectivity index (χ0n) is 19.3. The number of benzene rings is 1. The lowest BCUT2D eigenvalue weighted by molar-refractivity contribution is 0.0535. The summed E-state index contributed by atoms with van der Waals surface area (Å²) in [5.74, 6) is -0.00989. The summed E-state index contributed by atoms with van der Waals surface area (Å²) in [6.45, 7) is 7.42. The van der Waals surface area contributed by atoms with Crippen molar-refractivity contribution in [2.75, 3.05) is 25.1 Å². The van der Waals surface area contributed by atoms with Gasteiger partial charge in [-0.05, 0) is 38.0 Å². The zero-order valence-corrected chi connectivity index (χ0v) is 19.3. The van der Waals surface area contributed by atoms with Crippen LogP contribution >= 0.6 is 0 Å². The van der Waals surface area contributed by atoms with Crippen LogP contribution in [-0.2, 0) is 11.3 Å².